The molecule has 0 atom stereocenters. The van der Waals surface area contributed by atoms with Gasteiger partial charge < -0.3 is 5.84 Å². The molecule has 0 radical (unpaired) electrons. The molecular weight excluding hydrogens is 164 g/mol. The number of nitrogens with two attached hydrogens (primary N) is 1. The summed E-state index contributed by atoms with van der Waals surface area (Å²) in [5.41, 5.74) is 0.0119. The number of aromatic nitrogens is 3. The highest BCUT2D eigenvalue weighted by Crippen LogP contribution is 1.92. The number of nitrogens with zero attached hydrogens (tertiary/aromatic N) is 3. The van der Waals surface area contributed by atoms with Gasteiger partial charge in [-0.05, 0) is 6.42 Å². The van der Waals surface area contributed by atoms with Gasteiger partial charge in [0.2, 0.25) is 5.16 Å². The smallest absolute Gasteiger partial charge is 0.294 e. The molecule has 0 saturated carbocycles. The first-order valence-electron chi connectivity index (χ1n) is 3.09. The SMILES string of the molecule is CCc1nnc(S)n(N)c1=O. The molecule has 0 spiro atoms. The Kier molecular flexibility index (Phi) is 2.13. The quantitative estimate of drug-likeness (QED) is 0.430. The van der Waals surface area contributed by atoms with Crippen LogP contribution in [0.1, 0.15) is 12.6 Å². The van der Waals surface area contributed by atoms with E-state index < -0.39 is 0 Å². The molecule has 0 bridgehead atoms. The minimum absolute atomic E-state index is 0.118. The van der Waals surface area contributed by atoms with Gasteiger partial charge in [-0.1, -0.05) is 6.92 Å². The van der Waals surface area contributed by atoms with Crippen LogP contribution in [0.2, 0.25) is 0 Å². The first kappa shape index (κ1) is 8.06. The van der Waals surface area contributed by atoms with E-state index in [1.165, 1.54) is 0 Å². The summed E-state index contributed by atoms with van der Waals surface area (Å²) in [5, 5.41) is 7.30. The molecule has 0 aliphatic rings. The Bertz CT molecular complexity index is 321. The van der Waals surface area contributed by atoms with Gasteiger partial charge in [0, 0.05) is 0 Å². The summed E-state index contributed by atoms with van der Waals surface area (Å²) in [4.78, 5) is 11.1. The van der Waals surface area contributed by atoms with Crippen molar-refractivity contribution >= 4 is 12.6 Å². The lowest BCUT2D eigenvalue weighted by Crippen LogP contribution is -2.32. The zero-order valence-electron chi connectivity index (χ0n) is 5.98. The van der Waals surface area contributed by atoms with Crippen LogP contribution in [-0.4, -0.2) is 14.9 Å². The van der Waals surface area contributed by atoms with Crippen molar-refractivity contribution in [3.63, 3.8) is 0 Å². The van der Waals surface area contributed by atoms with Crippen molar-refractivity contribution in [1.82, 2.24) is 14.9 Å². The first-order chi connectivity index (χ1) is 5.16. The van der Waals surface area contributed by atoms with Crippen LogP contribution < -0.4 is 11.4 Å². The van der Waals surface area contributed by atoms with Crippen molar-refractivity contribution in [2.45, 2.75) is 18.5 Å². The molecule has 1 rings (SSSR count). The Balaban J connectivity index is 3.37. The standard InChI is InChI=1S/C5H8N4OS/c1-2-3-4(10)9(6)5(11)8-7-3/h2,6H2,1H3,(H,8,11). The molecule has 0 aliphatic carbocycles. The van der Waals surface area contributed by atoms with E-state index in [2.05, 4.69) is 22.8 Å². The monoisotopic (exact) mass is 172 g/mol. The maximum atomic E-state index is 11.1. The van der Waals surface area contributed by atoms with E-state index in [0.717, 1.165) is 4.68 Å². The van der Waals surface area contributed by atoms with Gasteiger partial charge >= 0.3 is 0 Å². The van der Waals surface area contributed by atoms with Crippen molar-refractivity contribution < 1.29 is 0 Å². The van der Waals surface area contributed by atoms with Gasteiger partial charge in [0.25, 0.3) is 5.56 Å². The average molecular weight is 172 g/mol. The van der Waals surface area contributed by atoms with Gasteiger partial charge in [0.05, 0.1) is 0 Å². The second kappa shape index (κ2) is 2.91. The molecule has 0 fully saturated rings. The fraction of sp³-hybridized carbons (Fsp3) is 0.400. The van der Waals surface area contributed by atoms with Crippen molar-refractivity contribution in [1.29, 1.82) is 0 Å². The van der Waals surface area contributed by atoms with Crippen molar-refractivity contribution in [3.05, 3.63) is 16.0 Å². The normalized spacial score (nSPS) is 10.0. The molecule has 5 nitrogen and oxygen atoms in total. The number of rotatable bonds is 1. The predicted molar refractivity (Wildman–Crippen MR) is 43.1 cm³/mol. The average Bonchev–Trinajstić information content (AvgIpc) is 2.01. The van der Waals surface area contributed by atoms with E-state index in [0.29, 0.717) is 12.1 Å². The van der Waals surface area contributed by atoms with E-state index in [-0.39, 0.29) is 10.7 Å². The number of nitrogen functional groups attached to an aromatic ring is 1. The molecular formula is C5H8N4OS. The highest BCUT2D eigenvalue weighted by atomic mass is 32.1. The minimum atomic E-state index is -0.340. The zero-order chi connectivity index (χ0) is 8.43. The number of aryl methyl sites for hydroxylation is 1. The lowest BCUT2D eigenvalue weighted by Gasteiger charge is -2.00. The maximum absolute atomic E-state index is 11.1. The fourth-order valence-corrected chi connectivity index (χ4v) is 0.783. The summed E-state index contributed by atoms with van der Waals surface area (Å²) in [6, 6.07) is 0. The molecule has 6 heteroatoms. The maximum Gasteiger partial charge on any atom is 0.294 e. The van der Waals surface area contributed by atoms with Gasteiger partial charge in [0.15, 0.2) is 0 Å². The van der Waals surface area contributed by atoms with E-state index in [1.807, 2.05) is 6.92 Å². The third kappa shape index (κ3) is 1.35. The highest BCUT2D eigenvalue weighted by molar-refractivity contribution is 7.80. The molecule has 60 valence electrons. The van der Waals surface area contributed by atoms with E-state index in [9.17, 15) is 4.79 Å². The van der Waals surface area contributed by atoms with E-state index in [4.69, 9.17) is 5.84 Å². The molecule has 1 aromatic heterocycles. The summed E-state index contributed by atoms with van der Waals surface area (Å²) in [7, 11) is 0. The highest BCUT2D eigenvalue weighted by Gasteiger charge is 2.03. The largest absolute Gasteiger partial charge is 0.334 e. The van der Waals surface area contributed by atoms with Gasteiger partial charge in [-0.15, -0.1) is 22.8 Å². The summed E-state index contributed by atoms with van der Waals surface area (Å²) >= 11 is 3.82. The Hall–Kier alpha value is -1.04. The molecule has 0 unspecified atom stereocenters. The topological polar surface area (TPSA) is 73.8 Å². The molecule has 1 heterocycles. The third-order valence-electron chi connectivity index (χ3n) is 1.28. The molecule has 11 heavy (non-hydrogen) atoms. The van der Waals surface area contributed by atoms with Crippen molar-refractivity contribution in [2.75, 3.05) is 5.84 Å². The Morgan fingerprint density at radius 1 is 1.64 bits per heavy atom. The summed E-state index contributed by atoms with van der Waals surface area (Å²) in [6.45, 7) is 1.81. The van der Waals surface area contributed by atoms with Gasteiger partial charge in [0.1, 0.15) is 5.69 Å². The van der Waals surface area contributed by atoms with Crippen LogP contribution in [0.25, 0.3) is 0 Å². The van der Waals surface area contributed by atoms with Crippen LogP contribution >= 0.6 is 12.6 Å². The Morgan fingerprint density at radius 2 is 2.27 bits per heavy atom. The van der Waals surface area contributed by atoms with Gasteiger partial charge in [-0.2, -0.15) is 4.68 Å². The second-order valence-electron chi connectivity index (χ2n) is 1.98. The van der Waals surface area contributed by atoms with Crippen LogP contribution in [0.3, 0.4) is 0 Å². The minimum Gasteiger partial charge on any atom is -0.334 e. The predicted octanol–water partition coefficient (Wildman–Crippen LogP) is -0.797. The lowest BCUT2D eigenvalue weighted by atomic mass is 10.4. The summed E-state index contributed by atoms with van der Waals surface area (Å²) < 4.78 is 0.870. The van der Waals surface area contributed by atoms with Crippen LogP contribution in [0, 0.1) is 0 Å². The van der Waals surface area contributed by atoms with Crippen LogP contribution in [-0.2, 0) is 6.42 Å². The van der Waals surface area contributed by atoms with Gasteiger partial charge in [-0.3, -0.25) is 4.79 Å². The number of hydrogen-bond donors (Lipinski definition) is 2. The fourth-order valence-electron chi connectivity index (χ4n) is 0.648. The van der Waals surface area contributed by atoms with Crippen LogP contribution in [0.15, 0.2) is 9.95 Å². The molecule has 2 N–H and O–H groups in total. The summed E-state index contributed by atoms with van der Waals surface area (Å²) in [5.74, 6) is 5.28. The van der Waals surface area contributed by atoms with Crippen molar-refractivity contribution in [3.8, 4) is 0 Å². The summed E-state index contributed by atoms with van der Waals surface area (Å²) in [6.07, 6.45) is 0.525. The van der Waals surface area contributed by atoms with Crippen LogP contribution in [0.4, 0.5) is 0 Å². The molecule has 0 amide bonds. The second-order valence-corrected chi connectivity index (χ2v) is 2.38. The van der Waals surface area contributed by atoms with E-state index in [1.54, 1.807) is 0 Å². The Labute approximate surface area is 68.6 Å². The first-order valence-corrected chi connectivity index (χ1v) is 3.54. The third-order valence-corrected chi connectivity index (χ3v) is 1.58. The number of thiol groups is 1. The molecule has 0 aliphatic heterocycles. The van der Waals surface area contributed by atoms with Gasteiger partial charge in [-0.25, -0.2) is 0 Å². The van der Waals surface area contributed by atoms with Crippen molar-refractivity contribution in [2.24, 2.45) is 0 Å². The molecule has 0 aromatic carbocycles. The van der Waals surface area contributed by atoms with E-state index >= 15 is 0 Å². The zero-order valence-corrected chi connectivity index (χ0v) is 6.88. The molecule has 1 aromatic rings. The van der Waals surface area contributed by atoms with Crippen LogP contribution in [0.5, 0.6) is 0 Å². The molecule has 0 saturated heterocycles. The number of hydrogen-bond acceptors (Lipinski definition) is 5. The lowest BCUT2D eigenvalue weighted by molar-refractivity contribution is 0.671. The Morgan fingerprint density at radius 3 is 2.82 bits per heavy atom.